The summed E-state index contributed by atoms with van der Waals surface area (Å²) in [6.45, 7) is 4.07. The molecule has 1 atom stereocenters. The zero-order valence-electron chi connectivity index (χ0n) is 14.0. The van der Waals surface area contributed by atoms with Gasteiger partial charge in [-0.2, -0.15) is 5.10 Å². The molecule has 3 heterocycles. The lowest BCUT2D eigenvalue weighted by atomic mass is 9.92. The third-order valence-corrected chi connectivity index (χ3v) is 4.65. The Bertz CT molecular complexity index is 942. The zero-order chi connectivity index (χ0) is 17.6. The summed E-state index contributed by atoms with van der Waals surface area (Å²) < 4.78 is 7.90. The van der Waals surface area contributed by atoms with Crippen LogP contribution in [0.1, 0.15) is 43.6 Å². The minimum absolute atomic E-state index is 0.0272. The number of rotatable bonds is 3. The summed E-state index contributed by atoms with van der Waals surface area (Å²) in [5.74, 6) is 2.09. The van der Waals surface area contributed by atoms with E-state index in [1.54, 1.807) is 0 Å². The van der Waals surface area contributed by atoms with Crippen LogP contribution in [0, 0.1) is 0 Å². The second-order valence-corrected chi connectivity index (χ2v) is 6.94. The fourth-order valence-electron chi connectivity index (χ4n) is 3.22. The Kier molecular flexibility index (Phi) is 3.88. The molecule has 3 aromatic rings. The average molecular weight is 356 g/mol. The van der Waals surface area contributed by atoms with Crippen LogP contribution in [0.4, 0.5) is 5.82 Å². The summed E-state index contributed by atoms with van der Waals surface area (Å²) in [6, 6.07) is 11.5. The lowest BCUT2D eigenvalue weighted by Crippen LogP contribution is -2.25. The van der Waals surface area contributed by atoms with Crippen LogP contribution in [0.5, 0.6) is 0 Å². The first-order valence-electron chi connectivity index (χ1n) is 8.26. The summed E-state index contributed by atoms with van der Waals surface area (Å²) in [5, 5.41) is 8.03. The molecule has 4 rings (SSSR count). The summed E-state index contributed by atoms with van der Waals surface area (Å²) in [7, 11) is 0. The predicted molar refractivity (Wildman–Crippen MR) is 96.9 cm³/mol. The predicted octanol–water partition coefficient (Wildman–Crippen LogP) is 4.85. The number of aromatic nitrogens is 2. The number of carbonyl (C=O) groups excluding carboxylic acids is 1. The number of hydrogen-bond acceptors (Lipinski definition) is 3. The van der Waals surface area contributed by atoms with Gasteiger partial charge in [0.05, 0.1) is 12.1 Å². The van der Waals surface area contributed by atoms with Crippen molar-refractivity contribution in [1.29, 1.82) is 0 Å². The average Bonchev–Trinajstić information content (AvgIpc) is 3.21. The van der Waals surface area contributed by atoms with E-state index >= 15 is 0 Å². The van der Waals surface area contributed by atoms with Crippen LogP contribution in [0.3, 0.4) is 0 Å². The first-order chi connectivity index (χ1) is 12.0. The monoisotopic (exact) mass is 355 g/mol. The van der Waals surface area contributed by atoms with Crippen LogP contribution in [0.25, 0.3) is 11.3 Å². The number of carbonyl (C=O) groups is 1. The number of hydrogen-bond donors (Lipinski definition) is 1. The zero-order valence-corrected chi connectivity index (χ0v) is 14.7. The van der Waals surface area contributed by atoms with Gasteiger partial charge >= 0.3 is 0 Å². The highest BCUT2D eigenvalue weighted by atomic mass is 35.5. The van der Waals surface area contributed by atoms with E-state index in [9.17, 15) is 4.79 Å². The molecule has 1 aromatic carbocycles. The van der Waals surface area contributed by atoms with Gasteiger partial charge in [-0.05, 0) is 38.1 Å². The SMILES string of the molecule is CC(C)n1ncc2c1NC(=O)C[C@H]2c1ccc(-c2cccc(Cl)c2)o1. The number of nitrogens with zero attached hydrogens (tertiary/aromatic N) is 2. The number of benzene rings is 1. The van der Waals surface area contributed by atoms with Gasteiger partial charge in [0.15, 0.2) is 0 Å². The van der Waals surface area contributed by atoms with Crippen LogP contribution < -0.4 is 5.32 Å². The number of anilines is 1. The van der Waals surface area contributed by atoms with E-state index in [1.165, 1.54) is 0 Å². The molecule has 1 aliphatic heterocycles. The van der Waals surface area contributed by atoms with Gasteiger partial charge in [-0.1, -0.05) is 23.7 Å². The van der Waals surface area contributed by atoms with Crippen molar-refractivity contribution in [3.05, 3.63) is 58.9 Å². The van der Waals surface area contributed by atoms with Crippen molar-refractivity contribution in [1.82, 2.24) is 9.78 Å². The molecule has 25 heavy (non-hydrogen) atoms. The number of nitrogens with one attached hydrogen (secondary N) is 1. The van der Waals surface area contributed by atoms with Crippen molar-refractivity contribution in [2.24, 2.45) is 0 Å². The topological polar surface area (TPSA) is 60.1 Å². The summed E-state index contributed by atoms with van der Waals surface area (Å²) in [5.41, 5.74) is 1.90. The second kappa shape index (κ2) is 6.08. The molecule has 1 aliphatic rings. The molecule has 0 unspecified atom stereocenters. The Hall–Kier alpha value is -2.53. The van der Waals surface area contributed by atoms with Crippen LogP contribution in [-0.2, 0) is 4.79 Å². The summed E-state index contributed by atoms with van der Waals surface area (Å²) in [6.07, 6.45) is 2.17. The van der Waals surface area contributed by atoms with E-state index in [2.05, 4.69) is 10.4 Å². The van der Waals surface area contributed by atoms with E-state index in [-0.39, 0.29) is 17.9 Å². The van der Waals surface area contributed by atoms with Crippen molar-refractivity contribution < 1.29 is 9.21 Å². The van der Waals surface area contributed by atoms with E-state index in [0.717, 1.165) is 28.5 Å². The van der Waals surface area contributed by atoms with E-state index in [4.69, 9.17) is 16.0 Å². The normalized spacial score (nSPS) is 16.8. The first-order valence-corrected chi connectivity index (χ1v) is 8.63. The molecule has 0 radical (unpaired) electrons. The van der Waals surface area contributed by atoms with Gasteiger partial charge in [0.1, 0.15) is 17.3 Å². The molecule has 0 fully saturated rings. The fraction of sp³-hybridized carbons (Fsp3) is 0.263. The van der Waals surface area contributed by atoms with Crippen LogP contribution in [-0.4, -0.2) is 15.7 Å². The molecule has 6 heteroatoms. The largest absolute Gasteiger partial charge is 0.460 e. The molecule has 0 saturated heterocycles. The van der Waals surface area contributed by atoms with Crippen molar-refractivity contribution in [2.45, 2.75) is 32.2 Å². The van der Waals surface area contributed by atoms with E-state index in [1.807, 2.05) is 61.1 Å². The maximum Gasteiger partial charge on any atom is 0.226 e. The lowest BCUT2D eigenvalue weighted by molar-refractivity contribution is -0.116. The Labute approximate surface area is 150 Å². The van der Waals surface area contributed by atoms with Crippen molar-refractivity contribution >= 4 is 23.3 Å². The minimum atomic E-state index is -0.135. The van der Waals surface area contributed by atoms with Gasteiger partial charge in [-0.25, -0.2) is 4.68 Å². The van der Waals surface area contributed by atoms with Crippen LogP contribution in [0.2, 0.25) is 5.02 Å². The molecular weight excluding hydrogens is 338 g/mol. The standard InChI is InChI=1S/C19H18ClN3O2/c1-11(2)23-19-15(10-21-23)14(9-18(24)22-19)17-7-6-16(25-17)12-4-3-5-13(20)8-12/h3-8,10-11,14H,9H2,1-2H3,(H,22,24)/t14-/m1/s1. The maximum atomic E-state index is 12.2. The van der Waals surface area contributed by atoms with Gasteiger partial charge in [0.2, 0.25) is 5.91 Å². The third-order valence-electron chi connectivity index (χ3n) is 4.42. The smallest absolute Gasteiger partial charge is 0.226 e. The lowest BCUT2D eigenvalue weighted by Gasteiger charge is -2.23. The maximum absolute atomic E-state index is 12.2. The molecule has 1 amide bonds. The molecule has 1 N–H and O–H groups in total. The van der Waals surface area contributed by atoms with E-state index in [0.29, 0.717) is 11.4 Å². The number of furan rings is 1. The van der Waals surface area contributed by atoms with Crippen LogP contribution >= 0.6 is 11.6 Å². The van der Waals surface area contributed by atoms with Gasteiger partial charge in [0, 0.05) is 28.6 Å². The Morgan fingerprint density at radius 3 is 2.92 bits per heavy atom. The summed E-state index contributed by atoms with van der Waals surface area (Å²) in [4.78, 5) is 12.2. The molecule has 0 spiro atoms. The molecule has 5 nitrogen and oxygen atoms in total. The van der Waals surface area contributed by atoms with Crippen molar-refractivity contribution in [3.8, 4) is 11.3 Å². The molecule has 2 aromatic heterocycles. The number of amides is 1. The molecule has 0 saturated carbocycles. The van der Waals surface area contributed by atoms with Crippen molar-refractivity contribution in [2.75, 3.05) is 5.32 Å². The quantitative estimate of drug-likeness (QED) is 0.730. The Balaban J connectivity index is 1.73. The molecular formula is C19H18ClN3O2. The molecule has 0 aliphatic carbocycles. The fourth-order valence-corrected chi connectivity index (χ4v) is 3.41. The first kappa shape index (κ1) is 16.0. The number of halogens is 1. The van der Waals surface area contributed by atoms with E-state index < -0.39 is 0 Å². The molecule has 128 valence electrons. The van der Waals surface area contributed by atoms with Crippen molar-refractivity contribution in [3.63, 3.8) is 0 Å². The second-order valence-electron chi connectivity index (χ2n) is 6.50. The highest BCUT2D eigenvalue weighted by molar-refractivity contribution is 6.30. The highest BCUT2D eigenvalue weighted by Gasteiger charge is 2.32. The van der Waals surface area contributed by atoms with Gasteiger partial charge in [0.25, 0.3) is 0 Å². The van der Waals surface area contributed by atoms with Gasteiger partial charge in [-0.15, -0.1) is 0 Å². The minimum Gasteiger partial charge on any atom is -0.460 e. The highest BCUT2D eigenvalue weighted by Crippen LogP contribution is 2.39. The summed E-state index contributed by atoms with van der Waals surface area (Å²) >= 11 is 6.06. The van der Waals surface area contributed by atoms with Gasteiger partial charge < -0.3 is 9.73 Å². The van der Waals surface area contributed by atoms with Crippen LogP contribution in [0.15, 0.2) is 47.0 Å². The Morgan fingerprint density at radius 2 is 2.16 bits per heavy atom. The third kappa shape index (κ3) is 2.85. The Morgan fingerprint density at radius 1 is 1.32 bits per heavy atom. The molecule has 0 bridgehead atoms. The van der Waals surface area contributed by atoms with Gasteiger partial charge in [-0.3, -0.25) is 4.79 Å². The number of fused-ring (bicyclic) bond motifs is 1.